The zero-order valence-corrected chi connectivity index (χ0v) is 16.2. The molecular weight excluding hydrogens is 376 g/mol. The van der Waals surface area contributed by atoms with Crippen LogP contribution >= 0.6 is 11.3 Å². The Hall–Kier alpha value is -3.46. The second-order valence-electron chi connectivity index (χ2n) is 5.86. The van der Waals surface area contributed by atoms with Crippen molar-refractivity contribution < 1.29 is 9.47 Å². The van der Waals surface area contributed by atoms with E-state index in [1.807, 2.05) is 35.7 Å². The van der Waals surface area contributed by atoms with Gasteiger partial charge in [-0.15, -0.1) is 11.3 Å². The van der Waals surface area contributed by atoms with Crippen LogP contribution in [0.1, 0.15) is 4.88 Å². The van der Waals surface area contributed by atoms with Crippen LogP contribution in [0.4, 0.5) is 11.8 Å². The van der Waals surface area contributed by atoms with Crippen LogP contribution in [0.2, 0.25) is 0 Å². The van der Waals surface area contributed by atoms with Crippen molar-refractivity contribution in [3.05, 3.63) is 46.8 Å². The molecule has 3 aromatic heterocycles. The van der Waals surface area contributed by atoms with Crippen molar-refractivity contribution >= 4 is 34.3 Å². The number of ether oxygens (including phenoxy) is 2. The monoisotopic (exact) mass is 394 g/mol. The van der Waals surface area contributed by atoms with E-state index in [2.05, 4.69) is 25.3 Å². The first-order valence-electron chi connectivity index (χ1n) is 8.47. The molecule has 0 spiro atoms. The van der Waals surface area contributed by atoms with E-state index in [9.17, 15) is 0 Å². The van der Waals surface area contributed by atoms with Gasteiger partial charge < -0.3 is 20.5 Å². The highest BCUT2D eigenvalue weighted by Gasteiger charge is 2.12. The number of benzene rings is 1. The molecule has 0 fully saturated rings. The van der Waals surface area contributed by atoms with E-state index < -0.39 is 0 Å². The highest BCUT2D eigenvalue weighted by molar-refractivity contribution is 7.09. The van der Waals surface area contributed by atoms with Crippen LogP contribution < -0.4 is 20.5 Å². The Balaban J connectivity index is 1.66. The molecule has 0 aliphatic rings. The minimum absolute atomic E-state index is 0.272. The fourth-order valence-corrected chi connectivity index (χ4v) is 3.37. The van der Waals surface area contributed by atoms with Gasteiger partial charge in [0, 0.05) is 10.4 Å². The SMILES string of the molecule is COc1ccc(-c2cnc3nc(NCc4cccs4)nc(N)c3n2)cc1OC. The molecule has 3 N–H and O–H groups in total. The van der Waals surface area contributed by atoms with E-state index in [0.29, 0.717) is 40.8 Å². The van der Waals surface area contributed by atoms with Crippen molar-refractivity contribution in [1.29, 1.82) is 0 Å². The predicted molar refractivity (Wildman–Crippen MR) is 110 cm³/mol. The summed E-state index contributed by atoms with van der Waals surface area (Å²) in [6.45, 7) is 0.625. The molecule has 4 rings (SSSR count). The molecule has 0 radical (unpaired) electrons. The molecule has 0 aliphatic carbocycles. The van der Waals surface area contributed by atoms with Gasteiger partial charge in [-0.05, 0) is 29.6 Å². The Morgan fingerprint density at radius 2 is 1.93 bits per heavy atom. The van der Waals surface area contributed by atoms with E-state index in [0.717, 1.165) is 5.56 Å². The molecule has 4 aromatic rings. The summed E-state index contributed by atoms with van der Waals surface area (Å²) in [5.41, 5.74) is 8.47. The highest BCUT2D eigenvalue weighted by Crippen LogP contribution is 2.32. The van der Waals surface area contributed by atoms with E-state index in [4.69, 9.17) is 15.2 Å². The number of nitrogens with one attached hydrogen (secondary N) is 1. The molecule has 1 aromatic carbocycles. The van der Waals surface area contributed by atoms with Gasteiger partial charge in [0.15, 0.2) is 28.5 Å². The minimum Gasteiger partial charge on any atom is -0.493 e. The first-order valence-corrected chi connectivity index (χ1v) is 9.35. The predicted octanol–water partition coefficient (Wildman–Crippen LogP) is 3.36. The molecule has 0 aliphatic heterocycles. The fourth-order valence-electron chi connectivity index (χ4n) is 2.72. The topological polar surface area (TPSA) is 108 Å². The number of thiophene rings is 1. The van der Waals surface area contributed by atoms with Gasteiger partial charge in [-0.3, -0.25) is 0 Å². The van der Waals surface area contributed by atoms with Gasteiger partial charge in [0.1, 0.15) is 0 Å². The third-order valence-electron chi connectivity index (χ3n) is 4.11. The molecule has 8 nitrogen and oxygen atoms in total. The van der Waals surface area contributed by atoms with E-state index in [1.54, 1.807) is 31.8 Å². The molecule has 0 saturated carbocycles. The van der Waals surface area contributed by atoms with Gasteiger partial charge in [0.2, 0.25) is 5.95 Å². The van der Waals surface area contributed by atoms with Crippen molar-refractivity contribution in [1.82, 2.24) is 19.9 Å². The summed E-state index contributed by atoms with van der Waals surface area (Å²) >= 11 is 1.66. The first kappa shape index (κ1) is 17.9. The lowest BCUT2D eigenvalue weighted by Crippen LogP contribution is -2.06. The molecule has 142 valence electrons. The van der Waals surface area contributed by atoms with Crippen LogP contribution in [0.3, 0.4) is 0 Å². The largest absolute Gasteiger partial charge is 0.493 e. The number of nitrogen functional groups attached to an aromatic ring is 1. The average Bonchev–Trinajstić information content (AvgIpc) is 3.25. The second-order valence-corrected chi connectivity index (χ2v) is 6.89. The molecular formula is C19H18N6O2S. The Bertz CT molecular complexity index is 1120. The molecule has 0 bridgehead atoms. The van der Waals surface area contributed by atoms with Crippen molar-refractivity contribution in [2.75, 3.05) is 25.3 Å². The number of hydrogen-bond donors (Lipinski definition) is 2. The third-order valence-corrected chi connectivity index (χ3v) is 4.99. The summed E-state index contributed by atoms with van der Waals surface area (Å²) in [5.74, 6) is 1.95. The third kappa shape index (κ3) is 3.52. The quantitative estimate of drug-likeness (QED) is 0.512. The summed E-state index contributed by atoms with van der Waals surface area (Å²) in [6, 6.07) is 9.57. The van der Waals surface area contributed by atoms with Gasteiger partial charge in [-0.1, -0.05) is 6.07 Å². The normalized spacial score (nSPS) is 10.8. The van der Waals surface area contributed by atoms with Gasteiger partial charge >= 0.3 is 0 Å². The van der Waals surface area contributed by atoms with Crippen molar-refractivity contribution in [3.8, 4) is 22.8 Å². The number of nitrogens with zero attached hydrogens (tertiary/aromatic N) is 4. The molecule has 0 amide bonds. The first-order chi connectivity index (χ1) is 13.7. The number of nitrogens with two attached hydrogens (primary N) is 1. The lowest BCUT2D eigenvalue weighted by Gasteiger charge is -2.10. The van der Waals surface area contributed by atoms with Crippen LogP contribution in [0.15, 0.2) is 41.9 Å². The molecule has 0 atom stereocenters. The molecule has 28 heavy (non-hydrogen) atoms. The fraction of sp³-hybridized carbons (Fsp3) is 0.158. The summed E-state index contributed by atoms with van der Waals surface area (Å²) in [6.07, 6.45) is 1.65. The lowest BCUT2D eigenvalue weighted by molar-refractivity contribution is 0.355. The summed E-state index contributed by atoms with van der Waals surface area (Å²) in [4.78, 5) is 18.9. The smallest absolute Gasteiger partial charge is 0.227 e. The van der Waals surface area contributed by atoms with Crippen molar-refractivity contribution in [3.63, 3.8) is 0 Å². The van der Waals surface area contributed by atoms with Crippen LogP contribution in [-0.2, 0) is 6.54 Å². The van der Waals surface area contributed by atoms with Crippen LogP contribution in [-0.4, -0.2) is 34.2 Å². The van der Waals surface area contributed by atoms with Gasteiger partial charge in [-0.2, -0.15) is 9.97 Å². The van der Waals surface area contributed by atoms with Crippen LogP contribution in [0.25, 0.3) is 22.4 Å². The Morgan fingerprint density at radius 3 is 2.68 bits per heavy atom. The number of aromatic nitrogens is 4. The van der Waals surface area contributed by atoms with Crippen LogP contribution in [0, 0.1) is 0 Å². The van der Waals surface area contributed by atoms with E-state index in [-0.39, 0.29) is 5.82 Å². The zero-order valence-electron chi connectivity index (χ0n) is 15.3. The maximum atomic E-state index is 6.12. The molecule has 0 saturated heterocycles. The van der Waals surface area contributed by atoms with Gasteiger partial charge in [-0.25, -0.2) is 9.97 Å². The van der Waals surface area contributed by atoms with Crippen molar-refractivity contribution in [2.45, 2.75) is 6.54 Å². The Morgan fingerprint density at radius 1 is 1.07 bits per heavy atom. The molecule has 9 heteroatoms. The maximum absolute atomic E-state index is 6.12. The average molecular weight is 394 g/mol. The van der Waals surface area contributed by atoms with Crippen LogP contribution in [0.5, 0.6) is 11.5 Å². The van der Waals surface area contributed by atoms with E-state index in [1.165, 1.54) is 4.88 Å². The number of hydrogen-bond acceptors (Lipinski definition) is 9. The van der Waals surface area contributed by atoms with Crippen molar-refractivity contribution in [2.24, 2.45) is 0 Å². The molecule has 0 unspecified atom stereocenters. The number of anilines is 2. The number of rotatable bonds is 6. The Kier molecular flexibility index (Phi) is 4.90. The van der Waals surface area contributed by atoms with E-state index >= 15 is 0 Å². The second kappa shape index (κ2) is 7.65. The van der Waals surface area contributed by atoms with Gasteiger partial charge in [0.25, 0.3) is 0 Å². The van der Waals surface area contributed by atoms with Gasteiger partial charge in [0.05, 0.1) is 32.7 Å². The minimum atomic E-state index is 0.272. The summed E-state index contributed by atoms with van der Waals surface area (Å²) < 4.78 is 10.6. The molecule has 3 heterocycles. The number of methoxy groups -OCH3 is 2. The zero-order chi connectivity index (χ0) is 19.5. The Labute approximate surface area is 165 Å². The summed E-state index contributed by atoms with van der Waals surface area (Å²) in [5, 5.41) is 5.19. The maximum Gasteiger partial charge on any atom is 0.227 e. The lowest BCUT2D eigenvalue weighted by atomic mass is 10.1. The highest BCUT2D eigenvalue weighted by atomic mass is 32.1. The summed E-state index contributed by atoms with van der Waals surface area (Å²) in [7, 11) is 3.18. The standard InChI is InChI=1S/C19H18N6O2S/c1-26-14-6-5-11(8-15(14)27-2)13-10-21-18-16(23-13)17(20)24-19(25-18)22-9-12-4-3-7-28-12/h3-8,10H,9H2,1-2H3,(H3,20,21,22,24,25). The number of fused-ring (bicyclic) bond motifs is 1.